The zero-order valence-corrected chi connectivity index (χ0v) is 6.58. The van der Waals surface area contributed by atoms with Crippen LogP contribution in [0.4, 0.5) is 5.69 Å². The predicted molar refractivity (Wildman–Crippen MR) is 41.5 cm³/mol. The van der Waals surface area contributed by atoms with Crippen LogP contribution < -0.4 is 5.73 Å². The molecule has 11 heavy (non-hydrogen) atoms. The molecule has 1 saturated heterocycles. The van der Waals surface area contributed by atoms with Crippen molar-refractivity contribution >= 4 is 17.3 Å². The molecule has 0 saturated carbocycles. The molecule has 1 aliphatic heterocycles. The number of halogens is 1. The molecular formula is C6H8ClN3O. The number of rotatable bonds is 1. The van der Waals surface area contributed by atoms with Gasteiger partial charge in [0, 0.05) is 0 Å². The van der Waals surface area contributed by atoms with Crippen LogP contribution in [0, 0.1) is 0 Å². The Labute approximate surface area is 68.9 Å². The molecule has 4 nitrogen and oxygen atoms in total. The Balaban J connectivity index is 2.24. The van der Waals surface area contributed by atoms with Crippen LogP contribution in [0.2, 0.25) is 5.15 Å². The van der Waals surface area contributed by atoms with Crippen LogP contribution in [0.25, 0.3) is 0 Å². The lowest BCUT2D eigenvalue weighted by molar-refractivity contribution is -0.0286. The first kappa shape index (κ1) is 6.94. The van der Waals surface area contributed by atoms with Crippen molar-refractivity contribution in [2.24, 2.45) is 0 Å². The van der Waals surface area contributed by atoms with E-state index in [0.29, 0.717) is 30.1 Å². The summed E-state index contributed by atoms with van der Waals surface area (Å²) in [6, 6.07) is 0.324. The van der Waals surface area contributed by atoms with E-state index >= 15 is 0 Å². The lowest BCUT2D eigenvalue weighted by Gasteiger charge is -2.25. The molecule has 0 bridgehead atoms. The maximum atomic E-state index is 5.66. The highest BCUT2D eigenvalue weighted by atomic mass is 35.5. The normalized spacial score (nSPS) is 18.3. The van der Waals surface area contributed by atoms with Crippen LogP contribution in [-0.2, 0) is 4.74 Å². The Morgan fingerprint density at radius 3 is 2.82 bits per heavy atom. The SMILES string of the molecule is Nc1cn(C2COC2)nc1Cl. The van der Waals surface area contributed by atoms with E-state index in [9.17, 15) is 0 Å². The molecule has 0 atom stereocenters. The van der Waals surface area contributed by atoms with Gasteiger partial charge in [0.25, 0.3) is 0 Å². The molecule has 0 aliphatic carbocycles. The average molecular weight is 174 g/mol. The van der Waals surface area contributed by atoms with Crippen molar-refractivity contribution in [1.29, 1.82) is 0 Å². The summed E-state index contributed by atoms with van der Waals surface area (Å²) in [5, 5.41) is 4.38. The minimum Gasteiger partial charge on any atom is -0.395 e. The molecule has 2 N–H and O–H groups in total. The maximum Gasteiger partial charge on any atom is 0.173 e. The third-order valence-corrected chi connectivity index (χ3v) is 2.00. The van der Waals surface area contributed by atoms with Gasteiger partial charge in [-0.05, 0) is 0 Å². The average Bonchev–Trinajstić information content (AvgIpc) is 2.08. The topological polar surface area (TPSA) is 53.1 Å². The van der Waals surface area contributed by atoms with Crippen molar-refractivity contribution in [3.63, 3.8) is 0 Å². The molecule has 0 amide bonds. The highest BCUT2D eigenvalue weighted by Crippen LogP contribution is 2.21. The molecule has 1 aromatic rings. The van der Waals surface area contributed by atoms with Crippen LogP contribution in [0.3, 0.4) is 0 Å². The molecule has 0 aromatic carbocycles. The van der Waals surface area contributed by atoms with Crippen LogP contribution in [0.15, 0.2) is 6.20 Å². The molecule has 5 heteroatoms. The lowest BCUT2D eigenvalue weighted by Crippen LogP contribution is -2.30. The Morgan fingerprint density at radius 2 is 2.45 bits per heavy atom. The number of aromatic nitrogens is 2. The molecule has 2 heterocycles. The summed E-state index contributed by atoms with van der Waals surface area (Å²) in [6.07, 6.45) is 1.73. The van der Waals surface area contributed by atoms with Crippen molar-refractivity contribution < 1.29 is 4.74 Å². The molecule has 1 aliphatic rings. The second-order valence-corrected chi connectivity index (χ2v) is 2.90. The number of hydrogen-bond acceptors (Lipinski definition) is 3. The monoisotopic (exact) mass is 173 g/mol. The summed E-state index contributed by atoms with van der Waals surface area (Å²) in [7, 11) is 0. The van der Waals surface area contributed by atoms with Crippen molar-refractivity contribution in [2.75, 3.05) is 18.9 Å². The van der Waals surface area contributed by atoms with Gasteiger partial charge in [-0.2, -0.15) is 5.10 Å². The molecule has 1 aromatic heterocycles. The largest absolute Gasteiger partial charge is 0.395 e. The van der Waals surface area contributed by atoms with Gasteiger partial charge < -0.3 is 10.5 Å². The summed E-state index contributed by atoms with van der Waals surface area (Å²) >= 11 is 5.66. The summed E-state index contributed by atoms with van der Waals surface area (Å²) in [5.74, 6) is 0. The molecule has 60 valence electrons. The minimum atomic E-state index is 0.324. The van der Waals surface area contributed by atoms with Crippen LogP contribution in [0.5, 0.6) is 0 Å². The highest BCUT2D eigenvalue weighted by Gasteiger charge is 2.21. The Morgan fingerprint density at radius 1 is 1.73 bits per heavy atom. The van der Waals surface area contributed by atoms with Crippen LogP contribution >= 0.6 is 11.6 Å². The molecule has 0 radical (unpaired) electrons. The van der Waals surface area contributed by atoms with Gasteiger partial charge in [-0.3, -0.25) is 4.68 Å². The van der Waals surface area contributed by atoms with E-state index in [1.807, 2.05) is 0 Å². The zero-order chi connectivity index (χ0) is 7.84. The van der Waals surface area contributed by atoms with Crippen molar-refractivity contribution in [3.8, 4) is 0 Å². The first-order chi connectivity index (χ1) is 5.27. The van der Waals surface area contributed by atoms with E-state index in [1.165, 1.54) is 0 Å². The molecule has 0 spiro atoms. The summed E-state index contributed by atoms with van der Waals surface area (Å²) in [5.41, 5.74) is 6.03. The van der Waals surface area contributed by atoms with E-state index in [4.69, 9.17) is 22.1 Å². The molecule has 1 fully saturated rings. The van der Waals surface area contributed by atoms with E-state index in [0.717, 1.165) is 0 Å². The van der Waals surface area contributed by atoms with E-state index in [2.05, 4.69) is 5.10 Å². The first-order valence-electron chi connectivity index (χ1n) is 3.35. The highest BCUT2D eigenvalue weighted by molar-refractivity contribution is 6.31. The van der Waals surface area contributed by atoms with Gasteiger partial charge in [0.05, 0.1) is 31.1 Å². The minimum absolute atomic E-state index is 0.324. The van der Waals surface area contributed by atoms with Crippen molar-refractivity contribution in [2.45, 2.75) is 6.04 Å². The fourth-order valence-corrected chi connectivity index (χ4v) is 1.08. The van der Waals surface area contributed by atoms with Gasteiger partial charge in [0.15, 0.2) is 5.15 Å². The smallest absolute Gasteiger partial charge is 0.173 e. The Bertz CT molecular complexity index is 249. The van der Waals surface area contributed by atoms with Crippen LogP contribution in [-0.4, -0.2) is 23.0 Å². The van der Waals surface area contributed by atoms with E-state index in [1.54, 1.807) is 10.9 Å². The zero-order valence-electron chi connectivity index (χ0n) is 5.83. The van der Waals surface area contributed by atoms with E-state index in [-0.39, 0.29) is 0 Å². The maximum absolute atomic E-state index is 5.66. The molecular weight excluding hydrogens is 166 g/mol. The van der Waals surface area contributed by atoms with Gasteiger partial charge in [0.2, 0.25) is 0 Å². The Kier molecular flexibility index (Phi) is 1.51. The number of nitrogens with zero attached hydrogens (tertiary/aromatic N) is 2. The molecule has 0 unspecified atom stereocenters. The van der Waals surface area contributed by atoms with Gasteiger partial charge in [-0.15, -0.1) is 0 Å². The summed E-state index contributed by atoms with van der Waals surface area (Å²) in [6.45, 7) is 1.41. The number of anilines is 1. The predicted octanol–water partition coefficient (Wildman–Crippen LogP) is 0.690. The molecule has 2 rings (SSSR count). The first-order valence-corrected chi connectivity index (χ1v) is 3.73. The summed E-state index contributed by atoms with van der Waals surface area (Å²) < 4.78 is 6.74. The fourth-order valence-electron chi connectivity index (χ4n) is 0.947. The quantitative estimate of drug-likeness (QED) is 0.680. The standard InChI is InChI=1S/C6H8ClN3O/c7-6-5(8)1-10(9-6)4-2-11-3-4/h1,4H,2-3,8H2. The van der Waals surface area contributed by atoms with Gasteiger partial charge in [-0.1, -0.05) is 11.6 Å². The van der Waals surface area contributed by atoms with Gasteiger partial charge in [0.1, 0.15) is 0 Å². The third-order valence-electron chi connectivity index (χ3n) is 1.71. The third kappa shape index (κ3) is 1.08. The fraction of sp³-hybridized carbons (Fsp3) is 0.500. The van der Waals surface area contributed by atoms with E-state index < -0.39 is 0 Å². The second kappa shape index (κ2) is 2.39. The van der Waals surface area contributed by atoms with Gasteiger partial charge >= 0.3 is 0 Å². The lowest BCUT2D eigenvalue weighted by atomic mass is 10.3. The van der Waals surface area contributed by atoms with Crippen molar-refractivity contribution in [1.82, 2.24) is 9.78 Å². The number of hydrogen-bond donors (Lipinski definition) is 1. The Hall–Kier alpha value is -0.740. The summed E-state index contributed by atoms with van der Waals surface area (Å²) in [4.78, 5) is 0. The number of nitrogens with two attached hydrogens (primary N) is 1. The van der Waals surface area contributed by atoms with Gasteiger partial charge in [-0.25, -0.2) is 0 Å². The number of nitrogen functional groups attached to an aromatic ring is 1. The second-order valence-electron chi connectivity index (χ2n) is 2.55. The van der Waals surface area contributed by atoms with Crippen LogP contribution in [0.1, 0.15) is 6.04 Å². The number of ether oxygens (including phenoxy) is 1. The van der Waals surface area contributed by atoms with Crippen molar-refractivity contribution in [3.05, 3.63) is 11.3 Å².